The fraction of sp³-hybridized carbons (Fsp3) is 0.619. The Bertz CT molecular complexity index is 1100. The quantitative estimate of drug-likeness (QED) is 0.375. The number of nitrogens with zero attached hydrogens (tertiary/aromatic N) is 6. The Balaban J connectivity index is 0.000000333. The number of H-pyrrole nitrogens is 1. The van der Waals surface area contributed by atoms with Crippen LogP contribution >= 0.6 is 0 Å². The summed E-state index contributed by atoms with van der Waals surface area (Å²) in [6.45, 7) is 7.70. The van der Waals surface area contributed by atoms with Crippen molar-refractivity contribution in [3.05, 3.63) is 29.6 Å². The number of hydrogen-bond donors (Lipinski definition) is 4. The number of piperazine rings is 1. The van der Waals surface area contributed by atoms with Crippen LogP contribution in [0.25, 0.3) is 0 Å². The predicted molar refractivity (Wildman–Crippen MR) is 123 cm³/mol. The summed E-state index contributed by atoms with van der Waals surface area (Å²) < 4.78 is 65.5. The highest BCUT2D eigenvalue weighted by Gasteiger charge is 2.38. The number of aliphatic carboxylic acids is 2. The molecule has 2 aliphatic heterocycles. The number of amides is 1. The molecule has 2 aromatic heterocycles. The number of aryl methyl sites for hydroxylation is 1. The number of carbonyl (C=O) groups excluding carboxylic acids is 1. The molecule has 0 atom stereocenters. The van der Waals surface area contributed by atoms with Gasteiger partial charge in [-0.2, -0.15) is 26.3 Å². The summed E-state index contributed by atoms with van der Waals surface area (Å²) in [5.74, 6) is -4.46. The monoisotopic (exact) mass is 586 g/mol. The maximum Gasteiger partial charge on any atom is 0.490 e. The molecule has 0 spiro atoms. The van der Waals surface area contributed by atoms with Crippen LogP contribution in [0.2, 0.25) is 0 Å². The van der Waals surface area contributed by atoms with Gasteiger partial charge in [0.1, 0.15) is 5.82 Å². The molecule has 4 rings (SSSR count). The first-order chi connectivity index (χ1) is 18.5. The van der Waals surface area contributed by atoms with E-state index in [1.165, 1.54) is 5.69 Å². The maximum atomic E-state index is 11.5. The van der Waals surface area contributed by atoms with Crippen molar-refractivity contribution in [1.29, 1.82) is 0 Å². The van der Waals surface area contributed by atoms with Crippen molar-refractivity contribution in [2.45, 2.75) is 51.2 Å². The summed E-state index contributed by atoms with van der Waals surface area (Å²) in [7, 11) is 0. The molecule has 2 saturated heterocycles. The van der Waals surface area contributed by atoms with Crippen LogP contribution in [0.3, 0.4) is 0 Å². The van der Waals surface area contributed by atoms with Gasteiger partial charge in [-0.3, -0.25) is 14.6 Å². The standard InChI is InChI=1S/C17H26N8O.2C2HF3O2/c1-13-19-8-14(20-13)9-23-5-2-16(3-6-23)25-11-15(21-22-25)10-24-7-4-18-17(26)12-24;2*3-2(4,5)1(6)7/h8,11,16H,2-7,9-10,12H2,1H3,(H,18,26)(H,19,20);2*(H,6,7). The van der Waals surface area contributed by atoms with Crippen molar-refractivity contribution in [2.75, 3.05) is 32.7 Å². The number of imidazole rings is 1. The second-order valence-corrected chi connectivity index (χ2v) is 8.86. The minimum Gasteiger partial charge on any atom is -0.475 e. The molecule has 2 fully saturated rings. The molecule has 4 N–H and O–H groups in total. The molecule has 0 unspecified atom stereocenters. The number of halogens is 6. The lowest BCUT2D eigenvalue weighted by Crippen LogP contribution is -2.47. The van der Waals surface area contributed by atoms with Crippen LogP contribution in [0.4, 0.5) is 26.3 Å². The molecule has 13 nitrogen and oxygen atoms in total. The smallest absolute Gasteiger partial charge is 0.475 e. The molecule has 0 saturated carbocycles. The molecule has 4 heterocycles. The van der Waals surface area contributed by atoms with Crippen LogP contribution in [0.1, 0.15) is 36.1 Å². The Morgan fingerprint density at radius 2 is 1.57 bits per heavy atom. The van der Waals surface area contributed by atoms with E-state index in [0.717, 1.165) is 50.5 Å². The zero-order valence-corrected chi connectivity index (χ0v) is 21.2. The lowest BCUT2D eigenvalue weighted by atomic mass is 10.1. The Morgan fingerprint density at radius 1 is 1.00 bits per heavy atom. The minimum absolute atomic E-state index is 0.0866. The van der Waals surface area contributed by atoms with Gasteiger partial charge < -0.3 is 20.5 Å². The average molecular weight is 586 g/mol. The van der Waals surface area contributed by atoms with Crippen molar-refractivity contribution < 1.29 is 50.9 Å². The predicted octanol–water partition coefficient (Wildman–Crippen LogP) is 1.35. The van der Waals surface area contributed by atoms with Gasteiger partial charge in [0.05, 0.1) is 24.5 Å². The number of alkyl halides is 6. The number of aromatic nitrogens is 5. The van der Waals surface area contributed by atoms with Gasteiger partial charge in [0, 0.05) is 51.2 Å². The zero-order chi connectivity index (χ0) is 30.1. The Morgan fingerprint density at radius 3 is 2.05 bits per heavy atom. The molecular weight excluding hydrogens is 558 g/mol. The van der Waals surface area contributed by atoms with E-state index in [-0.39, 0.29) is 5.91 Å². The summed E-state index contributed by atoms with van der Waals surface area (Å²) in [6.07, 6.45) is -4.05. The SMILES string of the molecule is Cc1ncc(CN2CCC(n3cc(CN4CCNC(=O)C4)nn3)CC2)[nH]1.O=C(O)C(F)(F)F.O=C(O)C(F)(F)F. The molecule has 1 amide bonds. The van der Waals surface area contributed by atoms with Crippen LogP contribution in [-0.4, -0.2) is 108 Å². The molecular formula is C21H28F6N8O5. The normalized spacial score (nSPS) is 17.2. The van der Waals surface area contributed by atoms with Crippen molar-refractivity contribution in [2.24, 2.45) is 0 Å². The van der Waals surface area contributed by atoms with E-state index in [9.17, 15) is 31.1 Å². The largest absolute Gasteiger partial charge is 0.490 e. The number of carbonyl (C=O) groups is 3. The van der Waals surface area contributed by atoms with E-state index >= 15 is 0 Å². The van der Waals surface area contributed by atoms with Crippen LogP contribution in [0, 0.1) is 6.92 Å². The van der Waals surface area contributed by atoms with Crippen LogP contribution in [-0.2, 0) is 27.5 Å². The highest BCUT2D eigenvalue weighted by molar-refractivity contribution is 5.78. The van der Waals surface area contributed by atoms with E-state index < -0.39 is 24.3 Å². The van der Waals surface area contributed by atoms with Gasteiger partial charge in [-0.25, -0.2) is 19.3 Å². The zero-order valence-electron chi connectivity index (χ0n) is 21.2. The number of likely N-dealkylation sites (tertiary alicyclic amines) is 1. The Labute approximate surface area is 223 Å². The minimum atomic E-state index is -5.08. The third-order valence-corrected chi connectivity index (χ3v) is 5.63. The van der Waals surface area contributed by atoms with E-state index in [2.05, 4.69) is 35.4 Å². The van der Waals surface area contributed by atoms with E-state index in [1.807, 2.05) is 24.0 Å². The number of carboxylic acid groups (broad SMARTS) is 2. The third kappa shape index (κ3) is 11.2. The van der Waals surface area contributed by atoms with Crippen LogP contribution in [0.15, 0.2) is 12.4 Å². The second kappa shape index (κ2) is 14.1. The van der Waals surface area contributed by atoms with Crippen molar-refractivity contribution in [3.63, 3.8) is 0 Å². The summed E-state index contributed by atoms with van der Waals surface area (Å²) >= 11 is 0. The van der Waals surface area contributed by atoms with Gasteiger partial charge >= 0.3 is 24.3 Å². The Kier molecular flexibility index (Phi) is 11.4. The van der Waals surface area contributed by atoms with Gasteiger partial charge in [0.25, 0.3) is 0 Å². The molecule has 2 aromatic rings. The van der Waals surface area contributed by atoms with Crippen molar-refractivity contribution in [3.8, 4) is 0 Å². The highest BCUT2D eigenvalue weighted by atomic mass is 19.4. The topological polar surface area (TPSA) is 170 Å². The van der Waals surface area contributed by atoms with Gasteiger partial charge in [0.15, 0.2) is 0 Å². The average Bonchev–Trinajstić information content (AvgIpc) is 3.48. The number of nitrogens with one attached hydrogen (secondary N) is 2. The summed E-state index contributed by atoms with van der Waals surface area (Å²) in [4.78, 5) is 41.4. The number of piperidine rings is 1. The first-order valence-electron chi connectivity index (χ1n) is 11.8. The summed E-state index contributed by atoms with van der Waals surface area (Å²) in [5, 5.41) is 25.7. The first kappa shape index (κ1) is 32.5. The fourth-order valence-corrected chi connectivity index (χ4v) is 3.75. The van der Waals surface area contributed by atoms with Crippen molar-refractivity contribution >= 4 is 17.8 Å². The molecule has 224 valence electrons. The molecule has 2 aliphatic rings. The maximum absolute atomic E-state index is 11.5. The van der Waals surface area contributed by atoms with Gasteiger partial charge in [-0.05, 0) is 19.8 Å². The first-order valence-corrected chi connectivity index (χ1v) is 11.8. The van der Waals surface area contributed by atoms with E-state index in [0.29, 0.717) is 25.7 Å². The molecule has 0 bridgehead atoms. The summed E-state index contributed by atoms with van der Waals surface area (Å²) in [5.41, 5.74) is 2.12. The molecule has 19 heteroatoms. The van der Waals surface area contributed by atoms with Gasteiger partial charge in [-0.15, -0.1) is 5.10 Å². The number of hydrogen-bond acceptors (Lipinski definition) is 8. The molecule has 0 radical (unpaired) electrons. The van der Waals surface area contributed by atoms with Gasteiger partial charge in [-0.1, -0.05) is 5.21 Å². The number of carboxylic acids is 2. The highest BCUT2D eigenvalue weighted by Crippen LogP contribution is 2.23. The number of aromatic amines is 1. The Hall–Kier alpha value is -3.74. The molecule has 40 heavy (non-hydrogen) atoms. The van der Waals surface area contributed by atoms with E-state index in [4.69, 9.17) is 19.8 Å². The van der Waals surface area contributed by atoms with E-state index in [1.54, 1.807) is 0 Å². The van der Waals surface area contributed by atoms with Crippen molar-refractivity contribution in [1.82, 2.24) is 40.1 Å². The van der Waals surface area contributed by atoms with Crippen LogP contribution < -0.4 is 5.32 Å². The molecule has 0 aromatic carbocycles. The summed E-state index contributed by atoms with van der Waals surface area (Å²) in [6, 6.07) is 0.403. The lowest BCUT2D eigenvalue weighted by molar-refractivity contribution is -0.193. The molecule has 0 aliphatic carbocycles. The number of rotatable bonds is 5. The van der Waals surface area contributed by atoms with Gasteiger partial charge in [0.2, 0.25) is 5.91 Å². The lowest BCUT2D eigenvalue weighted by Gasteiger charge is -2.31. The fourth-order valence-electron chi connectivity index (χ4n) is 3.75. The second-order valence-electron chi connectivity index (χ2n) is 8.86. The van der Waals surface area contributed by atoms with Crippen LogP contribution in [0.5, 0.6) is 0 Å². The third-order valence-electron chi connectivity index (χ3n) is 5.63.